The third kappa shape index (κ3) is 4.92. The molecule has 2 amide bonds. The molecule has 2 aromatic carbocycles. The Hall–Kier alpha value is -3.15. The zero-order valence-corrected chi connectivity index (χ0v) is 14.5. The SMILES string of the molecule is CC(=O)c1ccc(OCC(=O)Nc2ccc(NC(=O)C3CC3)cc2)cc1. The Morgan fingerprint density at radius 1 is 0.923 bits per heavy atom. The Morgan fingerprint density at radius 2 is 1.50 bits per heavy atom. The second-order valence-electron chi connectivity index (χ2n) is 6.26. The van der Waals surface area contributed by atoms with Gasteiger partial charge in [0.25, 0.3) is 5.91 Å². The summed E-state index contributed by atoms with van der Waals surface area (Å²) >= 11 is 0. The minimum absolute atomic E-state index is 0.0222. The molecule has 6 heteroatoms. The van der Waals surface area contributed by atoms with Crippen LogP contribution < -0.4 is 15.4 Å². The first kappa shape index (κ1) is 17.7. The van der Waals surface area contributed by atoms with E-state index in [9.17, 15) is 14.4 Å². The highest BCUT2D eigenvalue weighted by Crippen LogP contribution is 2.30. The summed E-state index contributed by atoms with van der Waals surface area (Å²) < 4.78 is 5.40. The topological polar surface area (TPSA) is 84.5 Å². The summed E-state index contributed by atoms with van der Waals surface area (Å²) in [5.74, 6) is 0.395. The number of amides is 2. The van der Waals surface area contributed by atoms with Gasteiger partial charge in [-0.05, 0) is 68.3 Å². The number of carbonyl (C=O) groups excluding carboxylic acids is 3. The maximum absolute atomic E-state index is 12.0. The third-order valence-electron chi connectivity index (χ3n) is 4.02. The number of anilines is 2. The molecule has 1 aliphatic rings. The van der Waals surface area contributed by atoms with Gasteiger partial charge >= 0.3 is 0 Å². The summed E-state index contributed by atoms with van der Waals surface area (Å²) in [6.07, 6.45) is 1.91. The Labute approximate surface area is 151 Å². The number of rotatable bonds is 7. The highest BCUT2D eigenvalue weighted by Gasteiger charge is 2.29. The van der Waals surface area contributed by atoms with Crippen LogP contribution in [0.15, 0.2) is 48.5 Å². The summed E-state index contributed by atoms with van der Waals surface area (Å²) in [6, 6.07) is 13.6. The summed E-state index contributed by atoms with van der Waals surface area (Å²) in [7, 11) is 0. The third-order valence-corrected chi connectivity index (χ3v) is 4.02. The van der Waals surface area contributed by atoms with Gasteiger partial charge in [-0.15, -0.1) is 0 Å². The van der Waals surface area contributed by atoms with E-state index in [0.29, 0.717) is 22.7 Å². The minimum atomic E-state index is -0.296. The average Bonchev–Trinajstić information content (AvgIpc) is 3.47. The van der Waals surface area contributed by atoms with E-state index in [1.807, 2.05) is 0 Å². The molecule has 0 bridgehead atoms. The molecule has 3 rings (SSSR count). The largest absolute Gasteiger partial charge is 0.484 e. The van der Waals surface area contributed by atoms with Gasteiger partial charge in [-0.1, -0.05) is 0 Å². The highest BCUT2D eigenvalue weighted by molar-refractivity contribution is 5.95. The molecule has 26 heavy (non-hydrogen) atoms. The van der Waals surface area contributed by atoms with Gasteiger partial charge in [0.1, 0.15) is 5.75 Å². The summed E-state index contributed by atoms with van der Waals surface area (Å²) in [4.78, 5) is 34.9. The van der Waals surface area contributed by atoms with Crippen LogP contribution in [0.25, 0.3) is 0 Å². The zero-order chi connectivity index (χ0) is 18.5. The smallest absolute Gasteiger partial charge is 0.262 e. The molecule has 0 aliphatic heterocycles. The van der Waals surface area contributed by atoms with Crippen LogP contribution in [-0.4, -0.2) is 24.2 Å². The highest BCUT2D eigenvalue weighted by atomic mass is 16.5. The monoisotopic (exact) mass is 352 g/mol. The van der Waals surface area contributed by atoms with Gasteiger partial charge in [-0.3, -0.25) is 14.4 Å². The molecule has 1 fully saturated rings. The molecule has 0 unspecified atom stereocenters. The van der Waals surface area contributed by atoms with Gasteiger partial charge in [0.15, 0.2) is 12.4 Å². The van der Waals surface area contributed by atoms with E-state index in [4.69, 9.17) is 4.74 Å². The summed E-state index contributed by atoms with van der Waals surface area (Å²) in [5.41, 5.74) is 1.92. The van der Waals surface area contributed by atoms with Crippen LogP contribution in [0, 0.1) is 5.92 Å². The van der Waals surface area contributed by atoms with Crippen molar-refractivity contribution in [2.24, 2.45) is 5.92 Å². The van der Waals surface area contributed by atoms with Crippen molar-refractivity contribution in [2.45, 2.75) is 19.8 Å². The van der Waals surface area contributed by atoms with Crippen LogP contribution in [-0.2, 0) is 9.59 Å². The molecular formula is C20H20N2O4. The van der Waals surface area contributed by atoms with Crippen molar-refractivity contribution in [3.05, 3.63) is 54.1 Å². The van der Waals surface area contributed by atoms with Crippen molar-refractivity contribution in [3.63, 3.8) is 0 Å². The van der Waals surface area contributed by atoms with E-state index in [0.717, 1.165) is 12.8 Å². The number of carbonyl (C=O) groups is 3. The average molecular weight is 352 g/mol. The van der Waals surface area contributed by atoms with Crippen molar-refractivity contribution in [1.82, 2.24) is 0 Å². The summed E-state index contributed by atoms with van der Waals surface area (Å²) in [5, 5.41) is 5.57. The number of hydrogen-bond donors (Lipinski definition) is 2. The predicted octanol–water partition coefficient (Wildman–Crippen LogP) is 3.26. The molecule has 0 aromatic heterocycles. The first-order valence-corrected chi connectivity index (χ1v) is 8.46. The van der Waals surface area contributed by atoms with Crippen LogP contribution in [0.2, 0.25) is 0 Å². The van der Waals surface area contributed by atoms with Crippen LogP contribution in [0.4, 0.5) is 11.4 Å². The van der Waals surface area contributed by atoms with E-state index in [1.165, 1.54) is 6.92 Å². The first-order chi connectivity index (χ1) is 12.5. The number of hydrogen-bond acceptors (Lipinski definition) is 4. The fourth-order valence-corrected chi connectivity index (χ4v) is 2.36. The normalized spacial score (nSPS) is 13.0. The maximum Gasteiger partial charge on any atom is 0.262 e. The van der Waals surface area contributed by atoms with E-state index in [1.54, 1.807) is 48.5 Å². The van der Waals surface area contributed by atoms with Crippen LogP contribution >= 0.6 is 0 Å². The van der Waals surface area contributed by atoms with Crippen LogP contribution in [0.3, 0.4) is 0 Å². The fourth-order valence-electron chi connectivity index (χ4n) is 2.36. The van der Waals surface area contributed by atoms with Crippen LogP contribution in [0.5, 0.6) is 5.75 Å². The number of ketones is 1. The van der Waals surface area contributed by atoms with Crippen molar-refractivity contribution in [3.8, 4) is 5.75 Å². The molecule has 0 heterocycles. The van der Waals surface area contributed by atoms with Gasteiger partial charge in [-0.25, -0.2) is 0 Å². The van der Waals surface area contributed by atoms with Gasteiger partial charge in [0.2, 0.25) is 5.91 Å². The summed E-state index contributed by atoms with van der Waals surface area (Å²) in [6.45, 7) is 1.35. The Morgan fingerprint density at radius 3 is 2.04 bits per heavy atom. The van der Waals surface area contributed by atoms with Gasteiger partial charge in [0.05, 0.1) is 0 Å². The second kappa shape index (κ2) is 7.82. The quantitative estimate of drug-likeness (QED) is 0.749. The van der Waals surface area contributed by atoms with E-state index in [-0.39, 0.29) is 30.1 Å². The molecule has 6 nitrogen and oxygen atoms in total. The molecule has 1 aliphatic carbocycles. The van der Waals surface area contributed by atoms with Crippen LogP contribution in [0.1, 0.15) is 30.1 Å². The fraction of sp³-hybridized carbons (Fsp3) is 0.250. The lowest BCUT2D eigenvalue weighted by Crippen LogP contribution is -2.20. The van der Waals surface area contributed by atoms with Gasteiger partial charge in [0, 0.05) is 22.9 Å². The number of Topliss-reactive ketones (excluding diaryl/α,β-unsaturated/α-hetero) is 1. The molecule has 2 N–H and O–H groups in total. The lowest BCUT2D eigenvalue weighted by Gasteiger charge is -2.09. The van der Waals surface area contributed by atoms with E-state index < -0.39 is 0 Å². The molecule has 1 saturated carbocycles. The van der Waals surface area contributed by atoms with Crippen molar-refractivity contribution in [2.75, 3.05) is 17.2 Å². The number of benzene rings is 2. The molecule has 0 spiro atoms. The van der Waals surface area contributed by atoms with Crippen molar-refractivity contribution in [1.29, 1.82) is 0 Å². The van der Waals surface area contributed by atoms with E-state index in [2.05, 4.69) is 10.6 Å². The lowest BCUT2D eigenvalue weighted by atomic mass is 10.1. The number of ether oxygens (including phenoxy) is 1. The van der Waals surface area contributed by atoms with Crippen molar-refractivity contribution < 1.29 is 19.1 Å². The van der Waals surface area contributed by atoms with Crippen molar-refractivity contribution >= 4 is 29.0 Å². The second-order valence-corrected chi connectivity index (χ2v) is 6.26. The molecule has 0 radical (unpaired) electrons. The lowest BCUT2D eigenvalue weighted by molar-refractivity contribution is -0.118. The predicted molar refractivity (Wildman–Crippen MR) is 98.4 cm³/mol. The Balaban J connectivity index is 1.46. The number of nitrogens with one attached hydrogen (secondary N) is 2. The molecule has 134 valence electrons. The molecular weight excluding hydrogens is 332 g/mol. The molecule has 0 saturated heterocycles. The van der Waals surface area contributed by atoms with Gasteiger partial charge in [-0.2, -0.15) is 0 Å². The van der Waals surface area contributed by atoms with E-state index >= 15 is 0 Å². The standard InChI is InChI=1S/C20H20N2O4/c1-13(23)14-4-10-18(11-5-14)26-12-19(24)21-16-6-8-17(9-7-16)22-20(25)15-2-3-15/h4-11,15H,2-3,12H2,1H3,(H,21,24)(H,22,25). The Kier molecular flexibility index (Phi) is 5.31. The van der Waals surface area contributed by atoms with Gasteiger partial charge < -0.3 is 15.4 Å². The first-order valence-electron chi connectivity index (χ1n) is 8.46. The Bertz CT molecular complexity index is 809. The minimum Gasteiger partial charge on any atom is -0.484 e. The zero-order valence-electron chi connectivity index (χ0n) is 14.5. The molecule has 2 aromatic rings. The maximum atomic E-state index is 12.0. The molecule has 0 atom stereocenters.